The van der Waals surface area contributed by atoms with Crippen molar-refractivity contribution in [1.29, 1.82) is 5.26 Å². The molecular weight excluding hydrogens is 692 g/mol. The molecule has 3 heterocycles. The van der Waals surface area contributed by atoms with Crippen molar-refractivity contribution in [3.05, 3.63) is 130 Å². The molecule has 1 aliphatic carbocycles. The minimum Gasteiger partial charge on any atom is -0.480 e. The number of rotatable bonds is 13. The number of aromatic nitrogens is 2. The fourth-order valence-corrected chi connectivity index (χ4v) is 6.88. The Bertz CT molecular complexity index is 2240. The number of aliphatic carboxylic acids is 1. The predicted molar refractivity (Wildman–Crippen MR) is 201 cm³/mol. The number of hydrogen-bond donors (Lipinski definition) is 4. The summed E-state index contributed by atoms with van der Waals surface area (Å²) in [6.45, 7) is 2.54. The third-order valence-corrected chi connectivity index (χ3v) is 9.99. The fourth-order valence-electron chi connectivity index (χ4n) is 6.54. The number of halogens is 1. The summed E-state index contributed by atoms with van der Waals surface area (Å²) in [6, 6.07) is 27.8. The molecule has 4 N–H and O–H groups in total. The second-order valence-corrected chi connectivity index (χ2v) is 13.5. The molecule has 268 valence electrons. The van der Waals surface area contributed by atoms with Crippen LogP contribution < -0.4 is 20.1 Å². The number of fused-ring (bicyclic) bond motifs is 1. The van der Waals surface area contributed by atoms with E-state index < -0.39 is 18.1 Å². The van der Waals surface area contributed by atoms with Gasteiger partial charge in [-0.05, 0) is 54.2 Å². The number of nitrogens with one attached hydrogen (secondary N) is 2. The lowest BCUT2D eigenvalue weighted by molar-refractivity contribution is -0.145. The first kappa shape index (κ1) is 35.6. The third-order valence-electron chi connectivity index (χ3n) is 9.58. The second-order valence-electron chi connectivity index (χ2n) is 13.2. The lowest BCUT2D eigenvalue weighted by atomic mass is 9.93. The van der Waals surface area contributed by atoms with E-state index in [0.29, 0.717) is 27.6 Å². The number of carboxylic acid groups (broad SMARTS) is 1. The van der Waals surface area contributed by atoms with E-state index in [-0.39, 0.29) is 25.1 Å². The van der Waals surface area contributed by atoms with Gasteiger partial charge in [-0.3, -0.25) is 20.1 Å². The minimum absolute atomic E-state index is 0.0501. The van der Waals surface area contributed by atoms with Crippen LogP contribution >= 0.6 is 11.6 Å². The number of amidine groups is 1. The molecule has 2 aliphatic rings. The number of ether oxygens (including phenoxy) is 2. The van der Waals surface area contributed by atoms with Crippen LogP contribution in [0.25, 0.3) is 22.3 Å². The Morgan fingerprint density at radius 3 is 2.58 bits per heavy atom. The summed E-state index contributed by atoms with van der Waals surface area (Å²) in [5.74, 6) is 0.283. The smallest absolute Gasteiger partial charge is 0.326 e. The molecule has 0 spiro atoms. The Balaban J connectivity index is 1.14. The highest BCUT2D eigenvalue weighted by Gasteiger charge is 2.32. The average Bonchev–Trinajstić information content (AvgIpc) is 3.88. The Kier molecular flexibility index (Phi) is 10.4. The maximum atomic E-state index is 11.8. The Morgan fingerprint density at radius 1 is 1.06 bits per heavy atom. The summed E-state index contributed by atoms with van der Waals surface area (Å²) >= 11 is 7.15. The maximum Gasteiger partial charge on any atom is 0.326 e. The molecule has 0 bridgehead atoms. The first-order valence-corrected chi connectivity index (χ1v) is 17.7. The number of hydrogen-bond acceptors (Lipinski definition) is 10. The third kappa shape index (κ3) is 7.57. The highest BCUT2D eigenvalue weighted by atomic mass is 35.5. The molecule has 0 unspecified atom stereocenters. The molecule has 0 saturated heterocycles. The van der Waals surface area contributed by atoms with E-state index in [1.807, 2.05) is 24.3 Å². The van der Waals surface area contributed by atoms with E-state index in [2.05, 4.69) is 63.1 Å². The number of carbonyl (C=O) groups is 1. The highest BCUT2D eigenvalue weighted by molar-refractivity contribution is 6.36. The van der Waals surface area contributed by atoms with E-state index in [0.717, 1.165) is 70.7 Å². The van der Waals surface area contributed by atoms with Crippen LogP contribution in [0, 0.1) is 11.3 Å². The van der Waals surface area contributed by atoms with Gasteiger partial charge in [-0.1, -0.05) is 72.3 Å². The molecule has 2 atom stereocenters. The van der Waals surface area contributed by atoms with Crippen molar-refractivity contribution < 1.29 is 24.5 Å². The van der Waals surface area contributed by atoms with E-state index in [1.165, 1.54) is 13.1 Å². The van der Waals surface area contributed by atoms with E-state index >= 15 is 0 Å². The van der Waals surface area contributed by atoms with Gasteiger partial charge in [-0.25, -0.2) is 0 Å². The number of nitrogens with zero attached hydrogens (tertiary/aromatic N) is 4. The Hall–Kier alpha value is -5.80. The van der Waals surface area contributed by atoms with Crippen molar-refractivity contribution in [3.63, 3.8) is 0 Å². The molecule has 11 nitrogen and oxygen atoms in total. The van der Waals surface area contributed by atoms with Crippen LogP contribution in [-0.2, 0) is 24.4 Å². The number of aliphatic imine (C=N–C) groups is 1. The Labute approximate surface area is 311 Å². The monoisotopic (exact) mass is 728 g/mol. The van der Waals surface area contributed by atoms with Gasteiger partial charge in [-0.2, -0.15) is 10.2 Å². The summed E-state index contributed by atoms with van der Waals surface area (Å²) in [7, 11) is 0. The van der Waals surface area contributed by atoms with Gasteiger partial charge in [0.25, 0.3) is 0 Å². The lowest BCUT2D eigenvalue weighted by Crippen LogP contribution is -2.52. The summed E-state index contributed by atoms with van der Waals surface area (Å²) in [5, 5.41) is 35.6. The normalized spacial score (nSPS) is 15.8. The van der Waals surface area contributed by atoms with Gasteiger partial charge in [0, 0.05) is 59.4 Å². The number of nitriles is 1. The van der Waals surface area contributed by atoms with Gasteiger partial charge >= 0.3 is 5.97 Å². The zero-order valence-corrected chi connectivity index (χ0v) is 29.7. The van der Waals surface area contributed by atoms with Gasteiger partial charge in [0.05, 0.1) is 23.7 Å². The minimum atomic E-state index is -1.57. The molecular formula is C41H37ClN6O5. The molecule has 12 heteroatoms. The van der Waals surface area contributed by atoms with E-state index in [4.69, 9.17) is 26.1 Å². The Morgan fingerprint density at radius 2 is 1.83 bits per heavy atom. The topological polar surface area (TPSA) is 162 Å². The zero-order valence-electron chi connectivity index (χ0n) is 29.0. The molecule has 1 aliphatic heterocycles. The molecule has 0 saturated carbocycles. The number of aliphatic hydroxyl groups excluding tert-OH is 1. The van der Waals surface area contributed by atoms with Crippen molar-refractivity contribution in [2.75, 3.05) is 19.7 Å². The van der Waals surface area contributed by atoms with E-state index in [1.54, 1.807) is 24.4 Å². The van der Waals surface area contributed by atoms with Gasteiger partial charge in [0.15, 0.2) is 0 Å². The zero-order chi connectivity index (χ0) is 37.0. The largest absolute Gasteiger partial charge is 0.480 e. The second kappa shape index (κ2) is 15.4. The van der Waals surface area contributed by atoms with Crippen LogP contribution in [0.15, 0.2) is 96.2 Å². The van der Waals surface area contributed by atoms with Crippen LogP contribution in [0.1, 0.15) is 52.8 Å². The summed E-state index contributed by atoms with van der Waals surface area (Å²) in [6.07, 6.45) is 4.29. The fraction of sp³-hybridized carbons (Fsp3) is 0.244. The number of aliphatic hydroxyl groups is 1. The SMILES string of the molecule is C[C@@](CO)(NCc1ccc(O[C@H]2CCc3c(-c4cccc(-c5ccc(C6=NCCN6)cc5)c4Cl)cccc32)nc1OCc1cncc(C#N)c1)C(=O)O. The molecule has 2 aromatic heterocycles. The van der Waals surface area contributed by atoms with Crippen LogP contribution in [0.2, 0.25) is 5.02 Å². The summed E-state index contributed by atoms with van der Waals surface area (Å²) < 4.78 is 12.6. The molecule has 53 heavy (non-hydrogen) atoms. The van der Waals surface area contributed by atoms with Gasteiger partial charge in [0.1, 0.15) is 30.2 Å². The van der Waals surface area contributed by atoms with Crippen molar-refractivity contribution >= 4 is 23.4 Å². The number of pyridine rings is 2. The summed E-state index contributed by atoms with van der Waals surface area (Å²) in [4.78, 5) is 25.1. The lowest BCUT2D eigenvalue weighted by Gasteiger charge is -2.24. The van der Waals surface area contributed by atoms with Crippen LogP contribution in [0.5, 0.6) is 11.8 Å². The van der Waals surface area contributed by atoms with Crippen molar-refractivity contribution in [2.45, 2.75) is 44.6 Å². The number of benzene rings is 3. The van der Waals surface area contributed by atoms with Gasteiger partial charge < -0.3 is 25.0 Å². The van der Waals surface area contributed by atoms with Gasteiger partial charge in [-0.15, -0.1) is 0 Å². The quantitative estimate of drug-likeness (QED) is 0.109. The van der Waals surface area contributed by atoms with Crippen molar-refractivity contribution in [3.8, 4) is 40.1 Å². The van der Waals surface area contributed by atoms with Crippen LogP contribution in [0.4, 0.5) is 0 Å². The molecule has 7 rings (SSSR count). The molecule has 3 aromatic carbocycles. The first-order valence-electron chi connectivity index (χ1n) is 17.3. The maximum absolute atomic E-state index is 11.8. The molecule has 5 aromatic rings. The molecule has 0 amide bonds. The average molecular weight is 729 g/mol. The van der Waals surface area contributed by atoms with Crippen LogP contribution in [-0.4, -0.2) is 57.2 Å². The standard InChI is InChI=1S/C41H37ClN6O5/c1-41(24-49,40(50)51)47-22-29-12-15-36(48-39(29)52-23-26-18-25(19-43)20-44-21-26)53-35-14-13-32-31(5-3-6-33(32)35)34-7-2-4-30(37(34)42)27-8-10-28(11-9-27)38-45-16-17-46-38/h2-12,15,18,20-21,35,47,49H,13-14,16-17,22-24H2,1H3,(H,45,46)(H,50,51)/t35-,41-/m0/s1. The molecule has 0 fully saturated rings. The number of carboxylic acids is 1. The molecule has 0 radical (unpaired) electrons. The predicted octanol–water partition coefficient (Wildman–Crippen LogP) is 6.26. The highest BCUT2D eigenvalue weighted by Crippen LogP contribution is 2.44. The summed E-state index contributed by atoms with van der Waals surface area (Å²) in [5.41, 5.74) is 7.28. The van der Waals surface area contributed by atoms with Crippen LogP contribution in [0.3, 0.4) is 0 Å². The van der Waals surface area contributed by atoms with Crippen molar-refractivity contribution in [1.82, 2.24) is 20.6 Å². The van der Waals surface area contributed by atoms with Gasteiger partial charge in [0.2, 0.25) is 11.8 Å². The first-order chi connectivity index (χ1) is 25.8. The van der Waals surface area contributed by atoms with E-state index in [9.17, 15) is 20.3 Å². The van der Waals surface area contributed by atoms with Crippen molar-refractivity contribution in [2.24, 2.45) is 4.99 Å².